The summed E-state index contributed by atoms with van der Waals surface area (Å²) in [4.78, 5) is 11.1. The van der Waals surface area contributed by atoms with Gasteiger partial charge in [0, 0.05) is 0 Å². The first-order valence-electron chi connectivity index (χ1n) is 11.4. The summed E-state index contributed by atoms with van der Waals surface area (Å²) in [6.45, 7) is 2.18. The molecular weight excluding hydrogens is 372 g/mol. The number of benzene rings is 2. The second kappa shape index (κ2) is 11.1. The number of carbonyl (C=O) groups is 1. The Morgan fingerprint density at radius 1 is 1.10 bits per heavy atom. The molecule has 2 N–H and O–H groups in total. The van der Waals surface area contributed by atoms with E-state index in [1.807, 2.05) is 12.1 Å². The minimum Gasteiger partial charge on any atom is -0.478 e. The van der Waals surface area contributed by atoms with Crippen molar-refractivity contribution in [3.05, 3.63) is 76.9 Å². The van der Waals surface area contributed by atoms with E-state index >= 15 is 0 Å². The second-order valence-corrected chi connectivity index (χ2v) is 8.47. The summed E-state index contributed by atoms with van der Waals surface area (Å²) in [5.41, 5.74) is 5.19. The van der Waals surface area contributed by atoms with Gasteiger partial charge in [-0.15, -0.1) is 0 Å². The number of aryl methyl sites for hydroxylation is 1. The Balaban J connectivity index is 1.54. The molecular formula is C27H34O3. The molecule has 1 aliphatic carbocycles. The third kappa shape index (κ3) is 6.06. The Labute approximate surface area is 180 Å². The molecule has 1 aliphatic rings. The van der Waals surface area contributed by atoms with Crippen molar-refractivity contribution in [2.24, 2.45) is 5.92 Å². The highest BCUT2D eigenvalue weighted by Crippen LogP contribution is 2.37. The van der Waals surface area contributed by atoms with Crippen molar-refractivity contribution in [1.82, 2.24) is 0 Å². The van der Waals surface area contributed by atoms with Gasteiger partial charge in [0.15, 0.2) is 0 Å². The maximum Gasteiger partial charge on any atom is 0.335 e. The van der Waals surface area contributed by atoms with Crippen LogP contribution in [0.1, 0.15) is 91.4 Å². The largest absolute Gasteiger partial charge is 0.478 e. The number of aromatic carboxylic acids is 1. The standard InChI is InChI=1S/C27H34O3/c1-2-3-4-14-26(28)23-17-15-22(16-18-23)25-13-7-11-21(25)10-5-8-20-9-6-12-24(19-20)27(29)30/h6,9,12-13,15-19,21,26,28H,2-5,7-8,10-11,14H2,1H3,(H,29,30)/t21-,26?/m0/s1. The van der Waals surface area contributed by atoms with Gasteiger partial charge in [-0.1, -0.05) is 68.7 Å². The molecule has 2 aromatic rings. The SMILES string of the molecule is CCCCCC(O)c1ccc(C2=CCC[C@@H]2CCCc2cccc(C(=O)O)c2)cc1. The van der Waals surface area contributed by atoms with Crippen LogP contribution < -0.4 is 0 Å². The number of hydrogen-bond acceptors (Lipinski definition) is 2. The van der Waals surface area contributed by atoms with E-state index in [-0.39, 0.29) is 6.10 Å². The number of unbranched alkanes of at least 4 members (excludes halogenated alkanes) is 2. The summed E-state index contributed by atoms with van der Waals surface area (Å²) in [7, 11) is 0. The van der Waals surface area contributed by atoms with Crippen LogP contribution in [0.4, 0.5) is 0 Å². The lowest BCUT2D eigenvalue weighted by Crippen LogP contribution is -2.02. The number of carboxylic acids is 1. The number of aliphatic hydroxyl groups excluding tert-OH is 1. The van der Waals surface area contributed by atoms with Crippen LogP contribution in [0.15, 0.2) is 54.6 Å². The van der Waals surface area contributed by atoms with Crippen molar-refractivity contribution in [2.75, 3.05) is 0 Å². The van der Waals surface area contributed by atoms with E-state index in [4.69, 9.17) is 5.11 Å². The minimum atomic E-state index is -0.864. The van der Waals surface area contributed by atoms with Crippen molar-refractivity contribution in [3.63, 3.8) is 0 Å². The predicted octanol–water partition coefficient (Wildman–Crippen LogP) is 6.81. The molecule has 0 aliphatic heterocycles. The molecule has 1 unspecified atom stereocenters. The van der Waals surface area contributed by atoms with Gasteiger partial charge in [0.1, 0.15) is 0 Å². The molecule has 0 saturated carbocycles. The summed E-state index contributed by atoms with van der Waals surface area (Å²) < 4.78 is 0. The molecule has 0 aromatic heterocycles. The first kappa shape index (κ1) is 22.3. The smallest absolute Gasteiger partial charge is 0.335 e. The first-order valence-corrected chi connectivity index (χ1v) is 11.4. The summed E-state index contributed by atoms with van der Waals surface area (Å²) in [6.07, 6.45) is 11.6. The first-order chi connectivity index (χ1) is 14.6. The topological polar surface area (TPSA) is 57.5 Å². The van der Waals surface area contributed by atoms with Gasteiger partial charge < -0.3 is 10.2 Å². The number of hydrogen-bond donors (Lipinski definition) is 2. The molecule has 0 saturated heterocycles. The molecule has 160 valence electrons. The molecule has 0 radical (unpaired) electrons. The molecule has 2 atom stereocenters. The average Bonchev–Trinajstić information content (AvgIpc) is 3.22. The lowest BCUT2D eigenvalue weighted by atomic mass is 9.89. The van der Waals surface area contributed by atoms with Crippen LogP contribution in [-0.2, 0) is 6.42 Å². The van der Waals surface area contributed by atoms with E-state index in [9.17, 15) is 9.90 Å². The average molecular weight is 407 g/mol. The van der Waals surface area contributed by atoms with E-state index < -0.39 is 5.97 Å². The molecule has 0 heterocycles. The van der Waals surface area contributed by atoms with Gasteiger partial charge in [-0.05, 0) is 78.8 Å². The fourth-order valence-electron chi connectivity index (χ4n) is 4.48. The fourth-order valence-corrected chi connectivity index (χ4v) is 4.48. The Bertz CT molecular complexity index is 851. The maximum atomic E-state index is 11.1. The van der Waals surface area contributed by atoms with Crippen molar-refractivity contribution >= 4 is 11.5 Å². The molecule has 0 amide bonds. The molecule has 30 heavy (non-hydrogen) atoms. The minimum absolute atomic E-state index is 0.361. The second-order valence-electron chi connectivity index (χ2n) is 8.47. The van der Waals surface area contributed by atoms with Crippen LogP contribution in [0.5, 0.6) is 0 Å². The van der Waals surface area contributed by atoms with Crippen LogP contribution in [0, 0.1) is 5.92 Å². The normalized spacial score (nSPS) is 17.0. The van der Waals surface area contributed by atoms with Crippen LogP contribution in [0.2, 0.25) is 0 Å². The number of allylic oxidation sites excluding steroid dienone is 2. The van der Waals surface area contributed by atoms with E-state index in [0.29, 0.717) is 11.5 Å². The van der Waals surface area contributed by atoms with Crippen molar-refractivity contribution in [1.29, 1.82) is 0 Å². The van der Waals surface area contributed by atoms with Gasteiger partial charge in [0.05, 0.1) is 11.7 Å². The predicted molar refractivity (Wildman–Crippen MR) is 123 cm³/mol. The van der Waals surface area contributed by atoms with E-state index in [1.165, 1.54) is 30.4 Å². The highest BCUT2D eigenvalue weighted by molar-refractivity contribution is 5.87. The quantitative estimate of drug-likeness (QED) is 0.403. The van der Waals surface area contributed by atoms with E-state index in [2.05, 4.69) is 37.3 Å². The maximum absolute atomic E-state index is 11.1. The molecule has 0 fully saturated rings. The van der Waals surface area contributed by atoms with Gasteiger partial charge in [0.25, 0.3) is 0 Å². The number of aliphatic hydroxyl groups is 1. The highest BCUT2D eigenvalue weighted by atomic mass is 16.4. The van der Waals surface area contributed by atoms with Gasteiger partial charge in [0.2, 0.25) is 0 Å². The Morgan fingerprint density at radius 2 is 1.90 bits per heavy atom. The number of carboxylic acid groups (broad SMARTS) is 1. The number of rotatable bonds is 11. The molecule has 3 rings (SSSR count). The van der Waals surface area contributed by atoms with Gasteiger partial charge in [-0.2, -0.15) is 0 Å². The van der Waals surface area contributed by atoms with E-state index in [0.717, 1.165) is 49.7 Å². The Hall–Kier alpha value is -2.39. The zero-order valence-electron chi connectivity index (χ0n) is 18.0. The molecule has 0 spiro atoms. The molecule has 0 bridgehead atoms. The van der Waals surface area contributed by atoms with E-state index in [1.54, 1.807) is 12.1 Å². The zero-order valence-corrected chi connectivity index (χ0v) is 18.0. The van der Waals surface area contributed by atoms with Crippen molar-refractivity contribution in [2.45, 2.75) is 70.8 Å². The monoisotopic (exact) mass is 406 g/mol. The summed E-state index contributed by atoms with van der Waals surface area (Å²) in [5.74, 6) is -0.301. The van der Waals surface area contributed by atoms with Crippen molar-refractivity contribution in [3.8, 4) is 0 Å². The zero-order chi connectivity index (χ0) is 21.3. The van der Waals surface area contributed by atoms with Gasteiger partial charge in [-0.25, -0.2) is 4.79 Å². The lowest BCUT2D eigenvalue weighted by molar-refractivity contribution is 0.0696. The molecule has 3 nitrogen and oxygen atoms in total. The van der Waals surface area contributed by atoms with Crippen LogP contribution in [-0.4, -0.2) is 16.2 Å². The summed E-state index contributed by atoms with van der Waals surface area (Å²) >= 11 is 0. The fraction of sp³-hybridized carbons (Fsp3) is 0.444. The molecule has 2 aromatic carbocycles. The Morgan fingerprint density at radius 3 is 2.63 bits per heavy atom. The Kier molecular flexibility index (Phi) is 8.27. The van der Waals surface area contributed by atoms with Gasteiger partial charge >= 0.3 is 5.97 Å². The van der Waals surface area contributed by atoms with Crippen LogP contribution in [0.25, 0.3) is 5.57 Å². The van der Waals surface area contributed by atoms with Crippen LogP contribution >= 0.6 is 0 Å². The lowest BCUT2D eigenvalue weighted by Gasteiger charge is -2.17. The molecule has 3 heteroatoms. The van der Waals surface area contributed by atoms with Crippen molar-refractivity contribution < 1.29 is 15.0 Å². The third-order valence-corrected chi connectivity index (χ3v) is 6.22. The highest BCUT2D eigenvalue weighted by Gasteiger charge is 2.20. The van der Waals surface area contributed by atoms with Crippen LogP contribution in [0.3, 0.4) is 0 Å². The van der Waals surface area contributed by atoms with Gasteiger partial charge in [-0.3, -0.25) is 0 Å². The summed E-state index contributed by atoms with van der Waals surface area (Å²) in [5, 5.41) is 19.5. The summed E-state index contributed by atoms with van der Waals surface area (Å²) in [6, 6.07) is 15.8. The third-order valence-electron chi connectivity index (χ3n) is 6.22.